The van der Waals surface area contributed by atoms with Crippen LogP contribution in [0, 0.1) is 0 Å². The Hall–Kier alpha value is -1.33. The molecule has 0 amide bonds. The quantitative estimate of drug-likeness (QED) is 0.590. The fourth-order valence-corrected chi connectivity index (χ4v) is 1.99. The van der Waals surface area contributed by atoms with Crippen LogP contribution in [0.1, 0.15) is 5.56 Å². The van der Waals surface area contributed by atoms with Gasteiger partial charge in [0.25, 0.3) is 0 Å². The molecule has 2 N–H and O–H groups in total. The van der Waals surface area contributed by atoms with Crippen molar-refractivity contribution in [2.45, 2.75) is 11.7 Å². The number of nitrogens with zero attached hydrogens (tertiary/aromatic N) is 2. The second-order valence-corrected chi connectivity index (χ2v) is 4.39. The van der Waals surface area contributed by atoms with Crippen LogP contribution in [0.25, 0.3) is 0 Å². The molecule has 0 spiro atoms. The zero-order valence-electron chi connectivity index (χ0n) is 8.89. The summed E-state index contributed by atoms with van der Waals surface area (Å²) in [5.74, 6) is 0.988. The Morgan fingerprint density at radius 2 is 2.12 bits per heavy atom. The van der Waals surface area contributed by atoms with Crippen molar-refractivity contribution >= 4 is 11.8 Å². The maximum absolute atomic E-state index is 4.04. The van der Waals surface area contributed by atoms with E-state index in [9.17, 15) is 0 Å². The van der Waals surface area contributed by atoms with Gasteiger partial charge in [-0.15, -0.1) is 0 Å². The number of benzene rings is 1. The Morgan fingerprint density at radius 1 is 1.25 bits per heavy atom. The summed E-state index contributed by atoms with van der Waals surface area (Å²) in [4.78, 5) is 4.04. The first-order valence-corrected chi connectivity index (χ1v) is 6.16. The minimum Gasteiger partial charge on any atom is -0.312 e. The predicted octanol–water partition coefficient (Wildman–Crippen LogP) is 1.69. The molecule has 5 heteroatoms. The number of hydrogen-bond donors (Lipinski definition) is 2. The third-order valence-corrected chi connectivity index (χ3v) is 2.96. The summed E-state index contributed by atoms with van der Waals surface area (Å²) < 4.78 is 0. The number of H-pyrrole nitrogens is 1. The Labute approximate surface area is 98.9 Å². The van der Waals surface area contributed by atoms with Crippen molar-refractivity contribution in [1.29, 1.82) is 0 Å². The highest BCUT2D eigenvalue weighted by atomic mass is 32.2. The molecule has 1 heterocycles. The third kappa shape index (κ3) is 3.67. The molecule has 16 heavy (non-hydrogen) atoms. The first-order chi connectivity index (χ1) is 7.95. The van der Waals surface area contributed by atoms with Crippen LogP contribution in [-0.4, -0.2) is 27.5 Å². The van der Waals surface area contributed by atoms with Crippen LogP contribution in [0.5, 0.6) is 0 Å². The highest BCUT2D eigenvalue weighted by molar-refractivity contribution is 7.99. The van der Waals surface area contributed by atoms with E-state index in [-0.39, 0.29) is 0 Å². The van der Waals surface area contributed by atoms with E-state index in [2.05, 4.69) is 44.8 Å². The molecule has 0 saturated heterocycles. The van der Waals surface area contributed by atoms with Crippen molar-refractivity contribution in [3.05, 3.63) is 42.2 Å². The lowest BCUT2D eigenvalue weighted by molar-refractivity contribution is 0.731. The molecule has 0 unspecified atom stereocenters. The standard InChI is InChI=1S/C11H14N4S/c1-2-4-10(5-3-1)8-12-6-7-16-11-13-9-14-15-11/h1-5,9,12H,6-8H2,(H,13,14,15). The zero-order chi connectivity index (χ0) is 11.1. The number of nitrogens with one attached hydrogen (secondary N) is 2. The van der Waals surface area contributed by atoms with Crippen molar-refractivity contribution in [2.75, 3.05) is 12.3 Å². The third-order valence-electron chi connectivity index (χ3n) is 2.08. The smallest absolute Gasteiger partial charge is 0.183 e. The molecule has 2 rings (SSSR count). The van der Waals surface area contributed by atoms with E-state index in [1.54, 1.807) is 11.8 Å². The maximum Gasteiger partial charge on any atom is 0.183 e. The zero-order valence-corrected chi connectivity index (χ0v) is 9.70. The molecule has 0 fully saturated rings. The Morgan fingerprint density at radius 3 is 2.88 bits per heavy atom. The van der Waals surface area contributed by atoms with Crippen LogP contribution in [-0.2, 0) is 6.54 Å². The van der Waals surface area contributed by atoms with E-state index in [1.807, 2.05) is 6.07 Å². The van der Waals surface area contributed by atoms with Gasteiger partial charge in [0.1, 0.15) is 6.33 Å². The average Bonchev–Trinajstić information content (AvgIpc) is 2.83. The number of aromatic amines is 1. The molecular formula is C11H14N4S. The number of aromatic nitrogens is 3. The molecule has 0 saturated carbocycles. The first-order valence-electron chi connectivity index (χ1n) is 5.18. The molecule has 1 aromatic heterocycles. The van der Waals surface area contributed by atoms with Crippen LogP contribution >= 0.6 is 11.8 Å². The lowest BCUT2D eigenvalue weighted by Crippen LogP contribution is -2.16. The maximum atomic E-state index is 4.04. The highest BCUT2D eigenvalue weighted by Crippen LogP contribution is 2.08. The van der Waals surface area contributed by atoms with Gasteiger partial charge in [-0.25, -0.2) is 4.98 Å². The van der Waals surface area contributed by atoms with Gasteiger partial charge in [-0.2, -0.15) is 5.10 Å². The van der Waals surface area contributed by atoms with Gasteiger partial charge in [-0.3, -0.25) is 5.10 Å². The lowest BCUT2D eigenvalue weighted by atomic mass is 10.2. The summed E-state index contributed by atoms with van der Waals surface area (Å²) >= 11 is 1.67. The van der Waals surface area contributed by atoms with E-state index in [0.29, 0.717) is 0 Å². The van der Waals surface area contributed by atoms with Crippen LogP contribution in [0.3, 0.4) is 0 Å². The number of hydrogen-bond acceptors (Lipinski definition) is 4. The van der Waals surface area contributed by atoms with E-state index in [1.165, 1.54) is 11.9 Å². The fourth-order valence-electron chi connectivity index (χ4n) is 1.31. The van der Waals surface area contributed by atoms with Crippen LogP contribution in [0.15, 0.2) is 41.8 Å². The van der Waals surface area contributed by atoms with Crippen molar-refractivity contribution in [3.63, 3.8) is 0 Å². The van der Waals surface area contributed by atoms with Crippen LogP contribution in [0.4, 0.5) is 0 Å². The molecule has 0 aliphatic rings. The molecule has 0 radical (unpaired) electrons. The molecule has 4 nitrogen and oxygen atoms in total. The Bertz CT molecular complexity index is 388. The fraction of sp³-hybridized carbons (Fsp3) is 0.273. The van der Waals surface area contributed by atoms with Crippen molar-refractivity contribution < 1.29 is 0 Å². The normalized spacial score (nSPS) is 10.5. The predicted molar refractivity (Wildman–Crippen MR) is 65.3 cm³/mol. The largest absolute Gasteiger partial charge is 0.312 e. The molecule has 0 aliphatic heterocycles. The number of rotatable bonds is 6. The molecule has 0 bridgehead atoms. The summed E-state index contributed by atoms with van der Waals surface area (Å²) in [6.07, 6.45) is 1.53. The van der Waals surface area contributed by atoms with Crippen LogP contribution in [0.2, 0.25) is 0 Å². The van der Waals surface area contributed by atoms with Gasteiger partial charge in [-0.1, -0.05) is 42.1 Å². The topological polar surface area (TPSA) is 53.6 Å². The Balaban J connectivity index is 1.59. The first kappa shape index (κ1) is 11.2. The molecule has 2 aromatic rings. The Kier molecular flexibility index (Phi) is 4.39. The van der Waals surface area contributed by atoms with Gasteiger partial charge in [0.05, 0.1) is 0 Å². The van der Waals surface area contributed by atoms with E-state index >= 15 is 0 Å². The minimum absolute atomic E-state index is 0.876. The molecule has 0 aliphatic carbocycles. The van der Waals surface area contributed by atoms with E-state index < -0.39 is 0 Å². The summed E-state index contributed by atoms with van der Waals surface area (Å²) in [6.45, 7) is 1.87. The number of thioether (sulfide) groups is 1. The van der Waals surface area contributed by atoms with Gasteiger partial charge in [-0.05, 0) is 5.56 Å². The van der Waals surface area contributed by atoms with Gasteiger partial charge < -0.3 is 5.32 Å². The lowest BCUT2D eigenvalue weighted by Gasteiger charge is -2.03. The summed E-state index contributed by atoms with van der Waals surface area (Å²) in [7, 11) is 0. The molecule has 84 valence electrons. The van der Waals surface area contributed by atoms with Crippen molar-refractivity contribution in [1.82, 2.24) is 20.5 Å². The summed E-state index contributed by atoms with van der Waals surface area (Å²) in [5, 5.41) is 10.9. The van der Waals surface area contributed by atoms with E-state index in [4.69, 9.17) is 0 Å². The molecular weight excluding hydrogens is 220 g/mol. The second-order valence-electron chi connectivity index (χ2n) is 3.30. The van der Waals surface area contributed by atoms with Gasteiger partial charge in [0, 0.05) is 18.8 Å². The van der Waals surface area contributed by atoms with E-state index in [0.717, 1.165) is 24.0 Å². The average molecular weight is 234 g/mol. The SMILES string of the molecule is c1ccc(CNCCSc2ncn[nH]2)cc1. The van der Waals surface area contributed by atoms with Crippen LogP contribution < -0.4 is 5.32 Å². The monoisotopic (exact) mass is 234 g/mol. The summed E-state index contributed by atoms with van der Waals surface area (Å²) in [5.41, 5.74) is 1.31. The van der Waals surface area contributed by atoms with Gasteiger partial charge in [0.15, 0.2) is 5.16 Å². The van der Waals surface area contributed by atoms with Crippen molar-refractivity contribution in [2.24, 2.45) is 0 Å². The van der Waals surface area contributed by atoms with Crippen molar-refractivity contribution in [3.8, 4) is 0 Å². The minimum atomic E-state index is 0.876. The van der Waals surface area contributed by atoms with Gasteiger partial charge >= 0.3 is 0 Å². The molecule has 0 atom stereocenters. The second kappa shape index (κ2) is 6.30. The molecule has 1 aromatic carbocycles. The highest BCUT2D eigenvalue weighted by Gasteiger charge is 1.95. The van der Waals surface area contributed by atoms with Gasteiger partial charge in [0.2, 0.25) is 0 Å². The summed E-state index contributed by atoms with van der Waals surface area (Å²) in [6, 6.07) is 10.4.